The van der Waals surface area contributed by atoms with Gasteiger partial charge in [-0.15, -0.1) is 0 Å². The van der Waals surface area contributed by atoms with Gasteiger partial charge in [0.05, 0.1) is 0 Å². The molecule has 3 heteroatoms. The Morgan fingerprint density at radius 2 is 1.75 bits per heavy atom. The van der Waals surface area contributed by atoms with Crippen LogP contribution in [0.25, 0.3) is 0 Å². The molecule has 20 heavy (non-hydrogen) atoms. The first-order valence-corrected chi connectivity index (χ1v) is 7.61. The second-order valence-corrected chi connectivity index (χ2v) is 6.35. The second-order valence-electron chi connectivity index (χ2n) is 5.41. The fourth-order valence-electron chi connectivity index (χ4n) is 2.68. The van der Waals surface area contributed by atoms with E-state index in [1.807, 2.05) is 0 Å². The van der Waals surface area contributed by atoms with Gasteiger partial charge in [0.2, 0.25) is 0 Å². The normalized spacial score (nSPS) is 15.1. The van der Waals surface area contributed by atoms with E-state index in [-0.39, 0.29) is 24.8 Å². The Balaban J connectivity index is 0.00000180. The van der Waals surface area contributed by atoms with E-state index in [0.717, 1.165) is 6.42 Å². The zero-order valence-corrected chi connectivity index (χ0v) is 15.1. The van der Waals surface area contributed by atoms with Gasteiger partial charge in [-0.05, 0) is 0 Å². The molecule has 0 N–H and O–H groups in total. The van der Waals surface area contributed by atoms with Crippen molar-refractivity contribution in [2.75, 3.05) is 0 Å². The quantitative estimate of drug-likeness (QED) is 0.600. The van der Waals surface area contributed by atoms with Gasteiger partial charge in [-0.25, -0.2) is 0 Å². The van der Waals surface area contributed by atoms with Gasteiger partial charge in [0.1, 0.15) is 0 Å². The molecule has 107 valence electrons. The number of hydrogen-bond acceptors (Lipinski definition) is 0. The van der Waals surface area contributed by atoms with Gasteiger partial charge >= 0.3 is 123 Å². The maximum atomic E-state index is 2.34. The minimum absolute atomic E-state index is 0. The Hall–Kier alpha value is -0.00571. The second kappa shape index (κ2) is 9.84. The number of halogens is 2. The predicted octanol–water partition coefficient (Wildman–Crippen LogP) is -1.02. The van der Waals surface area contributed by atoms with Crippen LogP contribution in [0.3, 0.4) is 0 Å². The largest absolute Gasteiger partial charge is 1.00 e. The molecular weight excluding hydrogens is 323 g/mol. The Bertz CT molecular complexity index is 449. The summed E-state index contributed by atoms with van der Waals surface area (Å²) in [6.07, 6.45) is 8.25. The third kappa shape index (κ3) is 5.41. The molecule has 0 radical (unpaired) electrons. The minimum atomic E-state index is 0. The fraction of sp³-hybridized carbons (Fsp3) is 0.412. The Morgan fingerprint density at radius 3 is 2.25 bits per heavy atom. The summed E-state index contributed by atoms with van der Waals surface area (Å²) in [5.74, 6) is 1.39. The molecule has 0 heterocycles. The van der Waals surface area contributed by atoms with Crippen LogP contribution < -0.4 is 24.8 Å². The van der Waals surface area contributed by atoms with Gasteiger partial charge in [-0.2, -0.15) is 0 Å². The average Bonchev–Trinajstić information content (AvgIpc) is 2.76. The van der Waals surface area contributed by atoms with E-state index in [4.69, 9.17) is 0 Å². The number of rotatable bonds is 5. The van der Waals surface area contributed by atoms with E-state index in [1.54, 1.807) is 9.45 Å². The summed E-state index contributed by atoms with van der Waals surface area (Å²) in [4.78, 5) is 0. The zero-order valence-electron chi connectivity index (χ0n) is 12.1. The molecule has 0 aliphatic heterocycles. The molecule has 0 bridgehead atoms. The molecule has 0 aromatic heterocycles. The van der Waals surface area contributed by atoms with Crippen molar-refractivity contribution in [2.45, 2.75) is 39.0 Å². The molecule has 0 spiro atoms. The van der Waals surface area contributed by atoms with Crippen molar-refractivity contribution < 1.29 is 45.2 Å². The number of allylic oxidation sites excluding steroid dienone is 4. The molecule has 2 rings (SSSR count). The molecule has 0 saturated carbocycles. The summed E-state index contributed by atoms with van der Waals surface area (Å²) in [7, 11) is 0. The molecule has 0 amide bonds. The SMILES string of the molecule is CC(C)C(CCC1=[C]([Ti+2])CC=C1)c1ccccc1.[Cl-].[Cl-]. The van der Waals surface area contributed by atoms with Gasteiger partial charge in [-0.1, -0.05) is 0 Å². The third-order valence-electron chi connectivity index (χ3n) is 3.79. The van der Waals surface area contributed by atoms with Gasteiger partial charge in [0.15, 0.2) is 0 Å². The van der Waals surface area contributed by atoms with Gasteiger partial charge in [-0.3, -0.25) is 0 Å². The topological polar surface area (TPSA) is 0 Å². The summed E-state index contributed by atoms with van der Waals surface area (Å²) >= 11 is 2.27. The molecule has 0 fully saturated rings. The summed E-state index contributed by atoms with van der Waals surface area (Å²) < 4.78 is 1.56. The zero-order chi connectivity index (χ0) is 13.0. The fourth-order valence-corrected chi connectivity index (χ4v) is 3.19. The molecule has 1 unspecified atom stereocenters. The predicted molar refractivity (Wildman–Crippen MR) is 74.0 cm³/mol. The van der Waals surface area contributed by atoms with Crippen molar-refractivity contribution in [1.82, 2.24) is 0 Å². The molecule has 1 aliphatic carbocycles. The smallest absolute Gasteiger partial charge is 1.00 e. The summed E-state index contributed by atoms with van der Waals surface area (Å²) in [5.41, 5.74) is 3.06. The van der Waals surface area contributed by atoms with E-state index in [1.165, 1.54) is 18.4 Å². The Kier molecular flexibility index (Phi) is 9.84. The summed E-state index contributed by atoms with van der Waals surface area (Å²) in [5, 5.41) is 0. The molecular formula is C17H21Cl2Ti. The van der Waals surface area contributed by atoms with Crippen LogP contribution >= 0.6 is 0 Å². The Labute approximate surface area is 147 Å². The van der Waals surface area contributed by atoms with Crippen LogP contribution in [0.4, 0.5) is 0 Å². The molecule has 1 atom stereocenters. The van der Waals surface area contributed by atoms with Gasteiger partial charge < -0.3 is 24.8 Å². The van der Waals surface area contributed by atoms with Crippen LogP contribution in [0.1, 0.15) is 44.6 Å². The summed E-state index contributed by atoms with van der Waals surface area (Å²) in [6.45, 7) is 4.67. The van der Waals surface area contributed by atoms with Gasteiger partial charge in [0, 0.05) is 0 Å². The maximum Gasteiger partial charge on any atom is -1.00 e. The van der Waals surface area contributed by atoms with E-state index in [2.05, 4.69) is 76.8 Å². The van der Waals surface area contributed by atoms with Crippen molar-refractivity contribution in [3.05, 3.63) is 57.5 Å². The van der Waals surface area contributed by atoms with Crippen LogP contribution in [0.2, 0.25) is 0 Å². The average molecular weight is 344 g/mol. The standard InChI is InChI=1S/C17H21.2ClH.Ti/c1-14(2)17(16-10-4-3-5-11-16)13-12-15-8-6-7-9-15;;;/h3-6,8,10-11,14,17H,7,12-13H2,1-2H3;2*1H;/q;;;+2/p-2. The Morgan fingerprint density at radius 1 is 1.10 bits per heavy atom. The molecule has 1 aromatic rings. The molecule has 0 saturated heterocycles. The molecule has 1 aromatic carbocycles. The first-order chi connectivity index (χ1) is 8.68. The van der Waals surface area contributed by atoms with E-state index in [0.29, 0.717) is 11.8 Å². The van der Waals surface area contributed by atoms with Gasteiger partial charge in [0.25, 0.3) is 0 Å². The molecule has 1 aliphatic rings. The third-order valence-corrected chi connectivity index (χ3v) is 4.61. The van der Waals surface area contributed by atoms with Crippen molar-refractivity contribution in [3.8, 4) is 0 Å². The van der Waals surface area contributed by atoms with Crippen molar-refractivity contribution in [1.29, 1.82) is 0 Å². The first-order valence-electron chi connectivity index (χ1n) is 6.83. The first kappa shape index (κ1) is 20.0. The monoisotopic (exact) mass is 343 g/mol. The number of hydrogen-bond donors (Lipinski definition) is 0. The molecule has 0 nitrogen and oxygen atoms in total. The van der Waals surface area contributed by atoms with Crippen molar-refractivity contribution in [2.24, 2.45) is 5.92 Å². The van der Waals surface area contributed by atoms with Crippen LogP contribution in [0.5, 0.6) is 0 Å². The van der Waals surface area contributed by atoms with Crippen LogP contribution in [0, 0.1) is 5.92 Å². The minimum Gasteiger partial charge on any atom is -1.00 e. The van der Waals surface area contributed by atoms with Crippen LogP contribution in [0.15, 0.2) is 51.9 Å². The van der Waals surface area contributed by atoms with E-state index >= 15 is 0 Å². The van der Waals surface area contributed by atoms with E-state index in [9.17, 15) is 0 Å². The van der Waals surface area contributed by atoms with E-state index < -0.39 is 0 Å². The van der Waals surface area contributed by atoms with Crippen LogP contribution in [-0.2, 0) is 20.4 Å². The van der Waals surface area contributed by atoms with Crippen LogP contribution in [-0.4, -0.2) is 0 Å². The van der Waals surface area contributed by atoms with Crippen molar-refractivity contribution in [3.63, 3.8) is 0 Å². The maximum absolute atomic E-state index is 2.34. The van der Waals surface area contributed by atoms with Crippen molar-refractivity contribution >= 4 is 0 Å². The summed E-state index contributed by atoms with van der Waals surface area (Å²) in [6, 6.07) is 11.0. The number of benzene rings is 1.